The molecule has 0 rings (SSSR count). The van der Waals surface area contributed by atoms with Gasteiger partial charge < -0.3 is 10.1 Å². The first-order chi connectivity index (χ1) is 8.67. The van der Waals surface area contributed by atoms with Crippen LogP contribution in [-0.2, 0) is 4.74 Å². The van der Waals surface area contributed by atoms with Gasteiger partial charge >= 0.3 is 0 Å². The largest absolute Gasteiger partial charge is 0.380 e. The van der Waals surface area contributed by atoms with E-state index in [4.69, 9.17) is 4.74 Å². The molecule has 0 bridgehead atoms. The third-order valence-corrected chi connectivity index (χ3v) is 3.41. The molecule has 2 heteroatoms. The van der Waals surface area contributed by atoms with Crippen molar-refractivity contribution < 1.29 is 4.74 Å². The van der Waals surface area contributed by atoms with Crippen molar-refractivity contribution in [3.05, 3.63) is 12.7 Å². The summed E-state index contributed by atoms with van der Waals surface area (Å²) in [6.07, 6.45) is 9.73. The maximum atomic E-state index is 5.67. The minimum absolute atomic E-state index is 0.330. The molecule has 0 saturated carbocycles. The molecule has 0 aliphatic heterocycles. The summed E-state index contributed by atoms with van der Waals surface area (Å²) in [5, 5.41) is 3.65. The molecule has 0 aliphatic carbocycles. The summed E-state index contributed by atoms with van der Waals surface area (Å²) in [4.78, 5) is 0. The molecule has 0 aromatic rings. The van der Waals surface area contributed by atoms with E-state index in [2.05, 4.69) is 32.7 Å². The van der Waals surface area contributed by atoms with Gasteiger partial charge in [-0.2, -0.15) is 0 Å². The summed E-state index contributed by atoms with van der Waals surface area (Å²) >= 11 is 0. The Balaban J connectivity index is 4.07. The highest BCUT2D eigenvalue weighted by atomic mass is 16.5. The smallest absolute Gasteiger partial charge is 0.0747 e. The molecular weight excluding hydrogens is 222 g/mol. The lowest BCUT2D eigenvalue weighted by atomic mass is 9.94. The van der Waals surface area contributed by atoms with Crippen molar-refractivity contribution in [2.24, 2.45) is 5.92 Å². The van der Waals surface area contributed by atoms with Crippen LogP contribution in [0.25, 0.3) is 0 Å². The van der Waals surface area contributed by atoms with Gasteiger partial charge in [0.2, 0.25) is 0 Å². The second-order valence-electron chi connectivity index (χ2n) is 5.43. The first-order valence-electron chi connectivity index (χ1n) is 7.54. The fourth-order valence-electron chi connectivity index (χ4n) is 2.44. The van der Waals surface area contributed by atoms with Gasteiger partial charge in [-0.25, -0.2) is 0 Å². The highest BCUT2D eigenvalue weighted by Crippen LogP contribution is 2.16. The first-order valence-corrected chi connectivity index (χ1v) is 7.54. The third kappa shape index (κ3) is 7.88. The van der Waals surface area contributed by atoms with E-state index >= 15 is 0 Å². The maximum absolute atomic E-state index is 5.67. The standard InChI is InChI=1S/C16H33NO/c1-6-8-9-10-11-12-15(17-13-7-2)16(18-5)14(3)4/h6,14-17H,1,7-13H2,2-5H3. The molecule has 0 aromatic carbocycles. The quantitative estimate of drug-likeness (QED) is 0.417. The number of hydrogen-bond donors (Lipinski definition) is 1. The number of allylic oxidation sites excluding steroid dienone is 1. The average Bonchev–Trinajstić information content (AvgIpc) is 2.35. The maximum Gasteiger partial charge on any atom is 0.0747 e. The number of hydrogen-bond acceptors (Lipinski definition) is 2. The molecule has 2 unspecified atom stereocenters. The van der Waals surface area contributed by atoms with Crippen LogP contribution in [-0.4, -0.2) is 25.8 Å². The van der Waals surface area contributed by atoms with Gasteiger partial charge in [-0.15, -0.1) is 6.58 Å². The molecule has 0 radical (unpaired) electrons. The van der Waals surface area contributed by atoms with Crippen molar-refractivity contribution >= 4 is 0 Å². The summed E-state index contributed by atoms with van der Waals surface area (Å²) in [7, 11) is 1.84. The molecular formula is C16H33NO. The zero-order chi connectivity index (χ0) is 13.8. The van der Waals surface area contributed by atoms with Gasteiger partial charge in [-0.05, 0) is 38.1 Å². The van der Waals surface area contributed by atoms with Crippen LogP contribution in [0.1, 0.15) is 59.3 Å². The Morgan fingerprint density at radius 2 is 1.94 bits per heavy atom. The molecule has 0 heterocycles. The van der Waals surface area contributed by atoms with E-state index < -0.39 is 0 Å². The van der Waals surface area contributed by atoms with Crippen LogP contribution in [0.3, 0.4) is 0 Å². The van der Waals surface area contributed by atoms with Gasteiger partial charge in [0.25, 0.3) is 0 Å². The fourth-order valence-corrected chi connectivity index (χ4v) is 2.44. The van der Waals surface area contributed by atoms with Gasteiger partial charge in [0, 0.05) is 13.2 Å². The Labute approximate surface area is 114 Å². The van der Waals surface area contributed by atoms with Crippen LogP contribution < -0.4 is 5.32 Å². The highest BCUT2D eigenvalue weighted by Gasteiger charge is 2.23. The summed E-state index contributed by atoms with van der Waals surface area (Å²) in [6.45, 7) is 11.6. The van der Waals surface area contributed by atoms with Crippen molar-refractivity contribution in [3.8, 4) is 0 Å². The van der Waals surface area contributed by atoms with Crippen molar-refractivity contribution in [3.63, 3.8) is 0 Å². The molecule has 0 amide bonds. The van der Waals surface area contributed by atoms with Crippen LogP contribution in [0.2, 0.25) is 0 Å². The molecule has 1 N–H and O–H groups in total. The summed E-state index contributed by atoms with van der Waals surface area (Å²) in [5.41, 5.74) is 0. The van der Waals surface area contributed by atoms with Gasteiger partial charge in [0.15, 0.2) is 0 Å². The Kier molecular flexibility index (Phi) is 11.5. The highest BCUT2D eigenvalue weighted by molar-refractivity contribution is 4.79. The molecule has 108 valence electrons. The Bertz CT molecular complexity index is 192. The number of ether oxygens (including phenoxy) is 1. The summed E-state index contributed by atoms with van der Waals surface area (Å²) < 4.78 is 5.67. The second-order valence-corrected chi connectivity index (χ2v) is 5.43. The van der Waals surface area contributed by atoms with Crippen molar-refractivity contribution in [1.82, 2.24) is 5.32 Å². The van der Waals surface area contributed by atoms with Crippen molar-refractivity contribution in [1.29, 1.82) is 0 Å². The van der Waals surface area contributed by atoms with Crippen molar-refractivity contribution in [2.75, 3.05) is 13.7 Å². The summed E-state index contributed by atoms with van der Waals surface area (Å²) in [5.74, 6) is 0.567. The lowest BCUT2D eigenvalue weighted by Gasteiger charge is -2.30. The Morgan fingerprint density at radius 1 is 1.22 bits per heavy atom. The topological polar surface area (TPSA) is 21.3 Å². The number of methoxy groups -OCH3 is 1. The lowest BCUT2D eigenvalue weighted by Crippen LogP contribution is -2.44. The SMILES string of the molecule is C=CCCCCCC(NCCC)C(OC)C(C)C. The molecule has 0 fully saturated rings. The first kappa shape index (κ1) is 17.7. The van der Waals surface area contributed by atoms with Crippen LogP contribution in [0.15, 0.2) is 12.7 Å². The number of rotatable bonds is 12. The number of unbranched alkanes of at least 4 members (excludes halogenated alkanes) is 3. The minimum atomic E-state index is 0.330. The molecule has 0 aliphatic rings. The third-order valence-electron chi connectivity index (χ3n) is 3.41. The van der Waals surface area contributed by atoms with E-state index in [1.54, 1.807) is 0 Å². The monoisotopic (exact) mass is 255 g/mol. The summed E-state index contributed by atoms with van der Waals surface area (Å²) in [6, 6.07) is 0.499. The Hall–Kier alpha value is -0.340. The van der Waals surface area contributed by atoms with Crippen LogP contribution in [0.5, 0.6) is 0 Å². The lowest BCUT2D eigenvalue weighted by molar-refractivity contribution is 0.0300. The second kappa shape index (κ2) is 11.7. The van der Waals surface area contributed by atoms with Crippen LogP contribution >= 0.6 is 0 Å². The molecule has 0 saturated heterocycles. The normalized spacial score (nSPS) is 14.7. The Morgan fingerprint density at radius 3 is 2.44 bits per heavy atom. The zero-order valence-corrected chi connectivity index (χ0v) is 12.9. The molecule has 2 nitrogen and oxygen atoms in total. The van der Waals surface area contributed by atoms with E-state index in [1.807, 2.05) is 13.2 Å². The minimum Gasteiger partial charge on any atom is -0.380 e. The predicted octanol–water partition coefficient (Wildman–Crippen LogP) is 4.16. The number of nitrogens with one attached hydrogen (secondary N) is 1. The van der Waals surface area contributed by atoms with E-state index in [1.165, 1.54) is 32.1 Å². The molecule has 0 aromatic heterocycles. The molecule has 2 atom stereocenters. The van der Waals surface area contributed by atoms with E-state index in [0.29, 0.717) is 18.1 Å². The molecule has 0 spiro atoms. The molecule has 18 heavy (non-hydrogen) atoms. The van der Waals surface area contributed by atoms with Crippen molar-refractivity contribution in [2.45, 2.75) is 71.4 Å². The van der Waals surface area contributed by atoms with E-state index in [-0.39, 0.29) is 0 Å². The van der Waals surface area contributed by atoms with E-state index in [0.717, 1.165) is 13.0 Å². The zero-order valence-electron chi connectivity index (χ0n) is 12.9. The van der Waals surface area contributed by atoms with E-state index in [9.17, 15) is 0 Å². The van der Waals surface area contributed by atoms with Gasteiger partial charge in [-0.3, -0.25) is 0 Å². The van der Waals surface area contributed by atoms with Crippen LogP contribution in [0, 0.1) is 5.92 Å². The van der Waals surface area contributed by atoms with Gasteiger partial charge in [0.1, 0.15) is 0 Å². The van der Waals surface area contributed by atoms with Gasteiger partial charge in [-0.1, -0.05) is 39.7 Å². The predicted molar refractivity (Wildman–Crippen MR) is 81.0 cm³/mol. The van der Waals surface area contributed by atoms with Gasteiger partial charge in [0.05, 0.1) is 6.10 Å². The van der Waals surface area contributed by atoms with Crippen LogP contribution in [0.4, 0.5) is 0 Å². The fraction of sp³-hybridized carbons (Fsp3) is 0.875. The average molecular weight is 255 g/mol.